The minimum atomic E-state index is -0.614. The largest absolute Gasteiger partial charge is 0.368 e. The Morgan fingerprint density at radius 1 is 1.15 bits per heavy atom. The molecule has 104 valence electrons. The minimum absolute atomic E-state index is 0.294. The summed E-state index contributed by atoms with van der Waals surface area (Å²) < 4.78 is 12.8. The third kappa shape index (κ3) is 3.79. The number of nitrogens with one attached hydrogen (secondary N) is 1. The second-order valence-corrected chi connectivity index (χ2v) is 4.83. The highest BCUT2D eigenvalue weighted by molar-refractivity contribution is 6.30. The molecule has 1 amide bonds. The molecule has 0 spiro atoms. The van der Waals surface area contributed by atoms with E-state index in [0.717, 1.165) is 11.1 Å². The molecule has 0 fully saturated rings. The Kier molecular flexibility index (Phi) is 4.71. The van der Waals surface area contributed by atoms with Gasteiger partial charge in [0.1, 0.15) is 11.9 Å². The molecule has 0 aliphatic carbocycles. The summed E-state index contributed by atoms with van der Waals surface area (Å²) >= 11 is 5.81. The van der Waals surface area contributed by atoms with Crippen LogP contribution in [-0.4, -0.2) is 5.91 Å². The van der Waals surface area contributed by atoms with E-state index in [9.17, 15) is 9.18 Å². The average molecular weight is 293 g/mol. The number of rotatable bonds is 5. The van der Waals surface area contributed by atoms with Gasteiger partial charge in [-0.25, -0.2) is 4.39 Å². The van der Waals surface area contributed by atoms with E-state index >= 15 is 0 Å². The van der Waals surface area contributed by atoms with Gasteiger partial charge in [0.05, 0.1) is 0 Å². The molecule has 2 aromatic rings. The fourth-order valence-corrected chi connectivity index (χ4v) is 1.99. The smallest absolute Gasteiger partial charge is 0.239 e. The van der Waals surface area contributed by atoms with Gasteiger partial charge in [-0.2, -0.15) is 0 Å². The molecule has 2 rings (SSSR count). The average Bonchev–Trinajstić information content (AvgIpc) is 2.43. The number of hydrogen-bond donors (Lipinski definition) is 2. The van der Waals surface area contributed by atoms with Crippen LogP contribution in [0.5, 0.6) is 0 Å². The molecule has 0 aliphatic heterocycles. The van der Waals surface area contributed by atoms with Gasteiger partial charge >= 0.3 is 0 Å². The minimum Gasteiger partial charge on any atom is -0.368 e. The second kappa shape index (κ2) is 6.50. The lowest BCUT2D eigenvalue weighted by Gasteiger charge is -2.16. The number of amides is 1. The number of carbonyl (C=O) groups is 1. The third-order valence-corrected chi connectivity index (χ3v) is 3.16. The lowest BCUT2D eigenvalue weighted by atomic mass is 10.1. The fourth-order valence-electron chi connectivity index (χ4n) is 1.86. The van der Waals surface area contributed by atoms with Crippen LogP contribution in [0.25, 0.3) is 0 Å². The highest BCUT2D eigenvalue weighted by Gasteiger charge is 2.16. The molecule has 0 bridgehead atoms. The molecule has 0 heterocycles. The molecule has 0 aromatic heterocycles. The topological polar surface area (TPSA) is 55.1 Å². The van der Waals surface area contributed by atoms with Crippen molar-refractivity contribution in [1.29, 1.82) is 0 Å². The van der Waals surface area contributed by atoms with Crippen LogP contribution in [0.3, 0.4) is 0 Å². The van der Waals surface area contributed by atoms with Crippen LogP contribution in [0.15, 0.2) is 48.5 Å². The van der Waals surface area contributed by atoms with E-state index in [1.165, 1.54) is 12.1 Å². The zero-order valence-electron chi connectivity index (χ0n) is 10.6. The van der Waals surface area contributed by atoms with E-state index in [1.54, 1.807) is 36.4 Å². The van der Waals surface area contributed by atoms with Gasteiger partial charge in [-0.05, 0) is 35.4 Å². The number of nitrogens with two attached hydrogens (primary N) is 1. The van der Waals surface area contributed by atoms with E-state index in [1.807, 2.05) is 0 Å². The standard InChI is InChI=1S/C15H14ClFN2O/c16-12-5-3-11(4-6-12)14(15(18)20)19-9-10-1-7-13(17)8-2-10/h1-8,14,19H,9H2,(H2,18,20). The lowest BCUT2D eigenvalue weighted by molar-refractivity contribution is -0.120. The first-order valence-corrected chi connectivity index (χ1v) is 6.46. The summed E-state index contributed by atoms with van der Waals surface area (Å²) in [4.78, 5) is 11.5. The Morgan fingerprint density at radius 3 is 2.30 bits per heavy atom. The number of primary amides is 1. The summed E-state index contributed by atoms with van der Waals surface area (Å²) in [6.45, 7) is 0.413. The highest BCUT2D eigenvalue weighted by Crippen LogP contribution is 2.17. The molecule has 1 atom stereocenters. The monoisotopic (exact) mass is 292 g/mol. The van der Waals surface area contributed by atoms with Crippen molar-refractivity contribution in [2.75, 3.05) is 0 Å². The van der Waals surface area contributed by atoms with Crippen molar-refractivity contribution in [1.82, 2.24) is 5.32 Å². The summed E-state index contributed by atoms with van der Waals surface area (Å²) in [7, 11) is 0. The maximum atomic E-state index is 12.8. The first kappa shape index (κ1) is 14.5. The van der Waals surface area contributed by atoms with Gasteiger partial charge in [0, 0.05) is 11.6 Å². The van der Waals surface area contributed by atoms with Crippen LogP contribution >= 0.6 is 11.6 Å². The first-order valence-electron chi connectivity index (χ1n) is 6.09. The van der Waals surface area contributed by atoms with Crippen molar-refractivity contribution in [2.24, 2.45) is 5.73 Å². The van der Waals surface area contributed by atoms with Gasteiger partial charge in [0.25, 0.3) is 0 Å². The summed E-state index contributed by atoms with van der Waals surface area (Å²) in [6, 6.07) is 12.3. The number of halogens is 2. The number of hydrogen-bond acceptors (Lipinski definition) is 2. The summed E-state index contributed by atoms with van der Waals surface area (Å²) in [6.07, 6.45) is 0. The molecule has 20 heavy (non-hydrogen) atoms. The zero-order chi connectivity index (χ0) is 14.5. The lowest BCUT2D eigenvalue weighted by Crippen LogP contribution is -2.33. The molecule has 3 nitrogen and oxygen atoms in total. The molecule has 0 radical (unpaired) electrons. The van der Waals surface area contributed by atoms with Crippen LogP contribution in [0.1, 0.15) is 17.2 Å². The van der Waals surface area contributed by atoms with Crippen molar-refractivity contribution in [3.63, 3.8) is 0 Å². The van der Waals surface area contributed by atoms with Crippen LogP contribution in [0.4, 0.5) is 4.39 Å². The van der Waals surface area contributed by atoms with Crippen molar-refractivity contribution < 1.29 is 9.18 Å². The predicted octanol–water partition coefficient (Wildman–Crippen LogP) is 2.80. The summed E-state index contributed by atoms with van der Waals surface area (Å²) in [5.74, 6) is -0.771. The van der Waals surface area contributed by atoms with Crippen LogP contribution in [0, 0.1) is 5.82 Å². The maximum absolute atomic E-state index is 12.8. The quantitative estimate of drug-likeness (QED) is 0.890. The van der Waals surface area contributed by atoms with Crippen LogP contribution in [0.2, 0.25) is 5.02 Å². The van der Waals surface area contributed by atoms with Gasteiger partial charge in [-0.1, -0.05) is 35.9 Å². The van der Waals surface area contributed by atoms with Crippen molar-refractivity contribution in [2.45, 2.75) is 12.6 Å². The summed E-state index contributed by atoms with van der Waals surface area (Å²) in [5, 5.41) is 3.64. The Hall–Kier alpha value is -1.91. The first-order chi connectivity index (χ1) is 9.56. The zero-order valence-corrected chi connectivity index (χ0v) is 11.4. The van der Waals surface area contributed by atoms with E-state index in [-0.39, 0.29) is 5.82 Å². The normalized spacial score (nSPS) is 12.1. The molecule has 0 saturated carbocycles. The molecule has 3 N–H and O–H groups in total. The van der Waals surface area contributed by atoms with E-state index in [4.69, 9.17) is 17.3 Å². The molecule has 0 saturated heterocycles. The molecule has 5 heteroatoms. The van der Waals surface area contributed by atoms with Gasteiger partial charge in [0.2, 0.25) is 5.91 Å². The molecule has 1 unspecified atom stereocenters. The molecular formula is C15H14ClFN2O. The van der Waals surface area contributed by atoms with Gasteiger partial charge in [0.15, 0.2) is 0 Å². The predicted molar refractivity (Wildman–Crippen MR) is 76.6 cm³/mol. The van der Waals surface area contributed by atoms with Crippen LogP contribution < -0.4 is 11.1 Å². The van der Waals surface area contributed by atoms with E-state index in [2.05, 4.69) is 5.32 Å². The highest BCUT2D eigenvalue weighted by atomic mass is 35.5. The Labute approximate surface area is 121 Å². The van der Waals surface area contributed by atoms with E-state index in [0.29, 0.717) is 11.6 Å². The fraction of sp³-hybridized carbons (Fsp3) is 0.133. The van der Waals surface area contributed by atoms with Gasteiger partial charge in [-0.15, -0.1) is 0 Å². The maximum Gasteiger partial charge on any atom is 0.239 e. The van der Waals surface area contributed by atoms with Crippen LogP contribution in [-0.2, 0) is 11.3 Å². The van der Waals surface area contributed by atoms with Gasteiger partial charge < -0.3 is 5.73 Å². The third-order valence-electron chi connectivity index (χ3n) is 2.91. The van der Waals surface area contributed by atoms with Crippen molar-refractivity contribution in [3.8, 4) is 0 Å². The van der Waals surface area contributed by atoms with Gasteiger partial charge in [-0.3, -0.25) is 10.1 Å². The molecule has 0 aliphatic rings. The van der Waals surface area contributed by atoms with Crippen molar-refractivity contribution >= 4 is 17.5 Å². The Bertz CT molecular complexity index is 584. The van der Waals surface area contributed by atoms with E-state index < -0.39 is 11.9 Å². The Morgan fingerprint density at radius 2 is 1.75 bits per heavy atom. The Balaban J connectivity index is 2.08. The number of benzene rings is 2. The number of carbonyl (C=O) groups excluding carboxylic acids is 1. The second-order valence-electron chi connectivity index (χ2n) is 4.39. The summed E-state index contributed by atoms with van der Waals surface area (Å²) in [5.41, 5.74) is 7.01. The SMILES string of the molecule is NC(=O)C(NCc1ccc(F)cc1)c1ccc(Cl)cc1. The molecular weight excluding hydrogens is 279 g/mol. The van der Waals surface area contributed by atoms with Crippen molar-refractivity contribution in [3.05, 3.63) is 70.5 Å². The molecule has 2 aromatic carbocycles.